The van der Waals surface area contributed by atoms with Gasteiger partial charge in [0.15, 0.2) is 0 Å². The first-order valence-corrected chi connectivity index (χ1v) is 6.40. The van der Waals surface area contributed by atoms with Gasteiger partial charge < -0.3 is 9.47 Å². The van der Waals surface area contributed by atoms with E-state index in [1.807, 2.05) is 37.3 Å². The number of hydrogen-bond donors (Lipinski definition) is 2. The van der Waals surface area contributed by atoms with Crippen LogP contribution in [0.25, 0.3) is 0 Å². The summed E-state index contributed by atoms with van der Waals surface area (Å²) >= 11 is 0. The summed E-state index contributed by atoms with van der Waals surface area (Å²) in [5.74, 6) is 5.70. The minimum atomic E-state index is -0.0901. The molecule has 2 aromatic rings. The van der Waals surface area contributed by atoms with Crippen LogP contribution in [0, 0.1) is 0 Å². The minimum Gasteiger partial charge on any atom is -0.378 e. The summed E-state index contributed by atoms with van der Waals surface area (Å²) in [6.45, 7) is 2.99. The Morgan fingerprint density at radius 3 is 2.79 bits per heavy atom. The van der Waals surface area contributed by atoms with E-state index in [1.54, 1.807) is 0 Å². The van der Waals surface area contributed by atoms with Crippen LogP contribution in [0.15, 0.2) is 36.8 Å². The van der Waals surface area contributed by atoms with E-state index in [0.29, 0.717) is 0 Å². The molecule has 102 valence electrons. The van der Waals surface area contributed by atoms with Gasteiger partial charge in [-0.15, -0.1) is 0 Å². The van der Waals surface area contributed by atoms with Crippen molar-refractivity contribution in [2.45, 2.75) is 19.5 Å². The van der Waals surface area contributed by atoms with Gasteiger partial charge in [0.2, 0.25) is 0 Å². The summed E-state index contributed by atoms with van der Waals surface area (Å²) in [4.78, 5) is 6.49. The quantitative estimate of drug-likeness (QED) is 0.631. The third-order valence-electron chi connectivity index (χ3n) is 3.20. The van der Waals surface area contributed by atoms with Crippen molar-refractivity contribution in [2.24, 2.45) is 5.84 Å². The van der Waals surface area contributed by atoms with E-state index in [0.717, 1.165) is 23.5 Å². The lowest BCUT2D eigenvalue weighted by molar-refractivity contribution is 0.622. The van der Waals surface area contributed by atoms with Crippen molar-refractivity contribution in [3.8, 4) is 0 Å². The first-order valence-electron chi connectivity index (χ1n) is 6.40. The van der Waals surface area contributed by atoms with Gasteiger partial charge in [0.05, 0.1) is 18.1 Å². The summed E-state index contributed by atoms with van der Waals surface area (Å²) in [6.07, 6.45) is 3.85. The van der Waals surface area contributed by atoms with Gasteiger partial charge in [-0.25, -0.2) is 10.4 Å². The summed E-state index contributed by atoms with van der Waals surface area (Å²) in [5, 5.41) is 0. The van der Waals surface area contributed by atoms with E-state index in [-0.39, 0.29) is 6.04 Å². The van der Waals surface area contributed by atoms with Gasteiger partial charge in [0.25, 0.3) is 0 Å². The van der Waals surface area contributed by atoms with E-state index in [9.17, 15) is 0 Å². The number of imidazole rings is 1. The lowest BCUT2D eigenvalue weighted by Crippen LogP contribution is -2.29. The van der Waals surface area contributed by atoms with Gasteiger partial charge in [0, 0.05) is 32.5 Å². The SMILES string of the molecule is CCn1cnc(C(NN)c2cccc(N(C)C)c2)c1. The number of rotatable bonds is 5. The highest BCUT2D eigenvalue weighted by molar-refractivity contribution is 5.48. The Hall–Kier alpha value is -1.85. The van der Waals surface area contributed by atoms with Gasteiger partial charge in [-0.2, -0.15) is 0 Å². The van der Waals surface area contributed by atoms with Crippen LogP contribution >= 0.6 is 0 Å². The molecule has 0 aliphatic carbocycles. The van der Waals surface area contributed by atoms with Gasteiger partial charge in [0.1, 0.15) is 0 Å². The molecule has 5 heteroatoms. The number of nitrogens with two attached hydrogens (primary N) is 1. The fourth-order valence-electron chi connectivity index (χ4n) is 2.03. The number of aryl methyl sites for hydroxylation is 1. The van der Waals surface area contributed by atoms with Crippen LogP contribution in [-0.2, 0) is 6.54 Å². The second-order valence-corrected chi connectivity index (χ2v) is 4.72. The number of nitrogens with zero attached hydrogens (tertiary/aromatic N) is 3. The molecule has 1 aromatic carbocycles. The van der Waals surface area contributed by atoms with Crippen molar-refractivity contribution >= 4 is 5.69 Å². The number of nitrogens with one attached hydrogen (secondary N) is 1. The summed E-state index contributed by atoms with van der Waals surface area (Å²) in [6, 6.07) is 8.19. The van der Waals surface area contributed by atoms with Crippen LogP contribution < -0.4 is 16.2 Å². The zero-order valence-electron chi connectivity index (χ0n) is 11.7. The molecule has 0 bridgehead atoms. The van der Waals surface area contributed by atoms with Crippen LogP contribution in [0.3, 0.4) is 0 Å². The monoisotopic (exact) mass is 259 g/mol. The number of hydrogen-bond acceptors (Lipinski definition) is 4. The standard InChI is InChI=1S/C14H21N5/c1-4-19-9-13(16-10-19)14(17-15)11-6-5-7-12(8-11)18(2)3/h5-10,14,17H,4,15H2,1-3H3. The zero-order chi connectivity index (χ0) is 13.8. The maximum Gasteiger partial charge on any atom is 0.0950 e. The number of anilines is 1. The molecule has 1 atom stereocenters. The Kier molecular flexibility index (Phi) is 4.19. The first-order chi connectivity index (χ1) is 9.15. The lowest BCUT2D eigenvalue weighted by Gasteiger charge is -2.18. The van der Waals surface area contributed by atoms with Crippen LogP contribution in [0.5, 0.6) is 0 Å². The minimum absolute atomic E-state index is 0.0901. The molecule has 0 aliphatic heterocycles. The molecule has 0 radical (unpaired) electrons. The molecule has 3 N–H and O–H groups in total. The Morgan fingerprint density at radius 1 is 1.42 bits per heavy atom. The Balaban J connectivity index is 2.33. The summed E-state index contributed by atoms with van der Waals surface area (Å²) in [7, 11) is 4.05. The topological polar surface area (TPSA) is 59.1 Å². The Labute approximate surface area is 114 Å². The first kappa shape index (κ1) is 13.6. The highest BCUT2D eigenvalue weighted by atomic mass is 15.2. The molecule has 19 heavy (non-hydrogen) atoms. The maximum absolute atomic E-state index is 5.70. The van der Waals surface area contributed by atoms with Crippen LogP contribution in [0.1, 0.15) is 24.2 Å². The van der Waals surface area contributed by atoms with E-state index in [4.69, 9.17) is 5.84 Å². The average molecular weight is 259 g/mol. The van der Waals surface area contributed by atoms with Crippen molar-refractivity contribution in [1.29, 1.82) is 0 Å². The lowest BCUT2D eigenvalue weighted by atomic mass is 10.0. The van der Waals surface area contributed by atoms with Crippen molar-refractivity contribution in [1.82, 2.24) is 15.0 Å². The van der Waals surface area contributed by atoms with Gasteiger partial charge in [-0.3, -0.25) is 5.84 Å². The van der Waals surface area contributed by atoms with E-state index in [2.05, 4.69) is 40.4 Å². The molecule has 0 spiro atoms. The van der Waals surface area contributed by atoms with Gasteiger partial charge >= 0.3 is 0 Å². The Morgan fingerprint density at radius 2 is 2.21 bits per heavy atom. The average Bonchev–Trinajstić information content (AvgIpc) is 2.89. The zero-order valence-corrected chi connectivity index (χ0v) is 11.7. The van der Waals surface area contributed by atoms with Crippen molar-refractivity contribution in [3.05, 3.63) is 48.0 Å². The predicted octanol–water partition coefficient (Wildman–Crippen LogP) is 1.52. The summed E-state index contributed by atoms with van der Waals surface area (Å²) < 4.78 is 2.04. The smallest absolute Gasteiger partial charge is 0.0950 e. The van der Waals surface area contributed by atoms with Crippen molar-refractivity contribution in [2.75, 3.05) is 19.0 Å². The molecule has 0 aliphatic rings. The fourth-order valence-corrected chi connectivity index (χ4v) is 2.03. The largest absolute Gasteiger partial charge is 0.378 e. The normalized spacial score (nSPS) is 12.4. The molecule has 0 amide bonds. The maximum atomic E-state index is 5.70. The molecule has 5 nitrogen and oxygen atoms in total. The van der Waals surface area contributed by atoms with Crippen molar-refractivity contribution < 1.29 is 0 Å². The number of benzene rings is 1. The molecule has 0 saturated carbocycles. The molecule has 2 rings (SSSR count). The van der Waals surface area contributed by atoms with Crippen LogP contribution in [0.2, 0.25) is 0 Å². The predicted molar refractivity (Wildman–Crippen MR) is 77.8 cm³/mol. The van der Waals surface area contributed by atoms with Crippen LogP contribution in [-0.4, -0.2) is 23.6 Å². The highest BCUT2D eigenvalue weighted by Gasteiger charge is 2.15. The number of aromatic nitrogens is 2. The van der Waals surface area contributed by atoms with Gasteiger partial charge in [-0.05, 0) is 24.6 Å². The molecule has 1 unspecified atom stereocenters. The van der Waals surface area contributed by atoms with E-state index < -0.39 is 0 Å². The Bertz CT molecular complexity index is 532. The third-order valence-corrected chi connectivity index (χ3v) is 3.20. The number of hydrazine groups is 1. The van der Waals surface area contributed by atoms with E-state index in [1.165, 1.54) is 0 Å². The third kappa shape index (κ3) is 2.94. The molecule has 1 aromatic heterocycles. The molecule has 1 heterocycles. The summed E-state index contributed by atoms with van der Waals surface area (Å²) in [5.41, 5.74) is 6.03. The second-order valence-electron chi connectivity index (χ2n) is 4.72. The molecular weight excluding hydrogens is 238 g/mol. The van der Waals surface area contributed by atoms with Crippen LogP contribution in [0.4, 0.5) is 5.69 Å². The fraction of sp³-hybridized carbons (Fsp3) is 0.357. The highest BCUT2D eigenvalue weighted by Crippen LogP contribution is 2.23. The molecular formula is C14H21N5. The van der Waals surface area contributed by atoms with Crippen molar-refractivity contribution in [3.63, 3.8) is 0 Å². The molecule has 0 fully saturated rings. The molecule has 0 saturated heterocycles. The van der Waals surface area contributed by atoms with E-state index >= 15 is 0 Å². The second kappa shape index (κ2) is 5.86. The van der Waals surface area contributed by atoms with Gasteiger partial charge in [-0.1, -0.05) is 12.1 Å².